The molecule has 0 aliphatic carbocycles. The average Bonchev–Trinajstić information content (AvgIpc) is 3.03. The molecule has 12 heteroatoms. The van der Waals surface area contributed by atoms with Gasteiger partial charge in [-0.25, -0.2) is 8.78 Å². The van der Waals surface area contributed by atoms with E-state index in [9.17, 15) is 22.1 Å². The van der Waals surface area contributed by atoms with Gasteiger partial charge in [0, 0.05) is 35.9 Å². The Bertz CT molecular complexity index is 1020. The van der Waals surface area contributed by atoms with Crippen LogP contribution in [0.1, 0.15) is 11.6 Å². The van der Waals surface area contributed by atoms with Crippen LogP contribution in [0.4, 0.5) is 23.2 Å². The molecule has 0 amide bonds. The van der Waals surface area contributed by atoms with Crippen molar-refractivity contribution in [2.75, 3.05) is 11.8 Å². The minimum atomic E-state index is -3.78. The quantitative estimate of drug-likeness (QED) is 0.325. The van der Waals surface area contributed by atoms with Gasteiger partial charge in [0.1, 0.15) is 11.6 Å². The summed E-state index contributed by atoms with van der Waals surface area (Å²) in [7, 11) is -3.09. The van der Waals surface area contributed by atoms with E-state index in [-0.39, 0.29) is 23.2 Å². The molecular formula is C16H12ClF4N4O2P. The van der Waals surface area contributed by atoms with E-state index < -0.39 is 30.2 Å². The summed E-state index contributed by atoms with van der Waals surface area (Å²) in [6, 6.07) is 5.72. The predicted molar refractivity (Wildman–Crippen MR) is 94.5 cm³/mol. The van der Waals surface area contributed by atoms with Crippen molar-refractivity contribution in [3.63, 3.8) is 0 Å². The van der Waals surface area contributed by atoms with Gasteiger partial charge in [-0.1, -0.05) is 5.16 Å². The molecule has 2 aromatic heterocycles. The molecule has 0 radical (unpaired) electrons. The first-order valence-corrected chi connectivity index (χ1v) is 10.4. The third-order valence-electron chi connectivity index (χ3n) is 3.44. The lowest BCUT2D eigenvalue weighted by atomic mass is 10.2. The molecule has 3 rings (SSSR count). The van der Waals surface area contributed by atoms with Crippen molar-refractivity contribution in [3.8, 4) is 11.4 Å². The first-order valence-electron chi connectivity index (χ1n) is 7.69. The fraction of sp³-hybridized carbons (Fsp3) is 0.188. The van der Waals surface area contributed by atoms with E-state index in [0.717, 1.165) is 12.1 Å². The van der Waals surface area contributed by atoms with Crippen LogP contribution in [0.5, 0.6) is 0 Å². The number of anilines is 1. The number of nitrogens with zero attached hydrogens (tertiary/aromatic N) is 3. The molecule has 0 aliphatic heterocycles. The van der Waals surface area contributed by atoms with Crippen LogP contribution < -0.4 is 5.09 Å². The Hall–Kier alpha value is -2.45. The van der Waals surface area contributed by atoms with Crippen LogP contribution in [0.3, 0.4) is 0 Å². The van der Waals surface area contributed by atoms with Crippen LogP contribution in [-0.2, 0) is 16.1 Å². The Balaban J connectivity index is 1.72. The fourth-order valence-electron chi connectivity index (χ4n) is 2.35. The molecule has 0 saturated heterocycles. The van der Waals surface area contributed by atoms with Crippen LogP contribution in [0, 0.1) is 11.6 Å². The lowest BCUT2D eigenvalue weighted by Gasteiger charge is -2.16. The largest absolute Gasteiger partial charge is 0.400 e. The van der Waals surface area contributed by atoms with Crippen LogP contribution >= 0.6 is 18.9 Å². The smallest absolute Gasteiger partial charge is 0.336 e. The molecule has 148 valence electrons. The predicted octanol–water partition coefficient (Wildman–Crippen LogP) is 5.22. The summed E-state index contributed by atoms with van der Waals surface area (Å²) in [5.41, 5.74) is 0.720. The van der Waals surface area contributed by atoms with E-state index in [2.05, 4.69) is 24.7 Å². The Morgan fingerprint density at radius 1 is 1.21 bits per heavy atom. The fourth-order valence-corrected chi connectivity index (χ4v) is 3.98. The van der Waals surface area contributed by atoms with Crippen molar-refractivity contribution in [2.45, 2.75) is 11.5 Å². The SMILES string of the molecule is CP(=O)(Cc1ccc(-c2noc(C(F)(F)Cl)n2)cn1)Nc1cc(F)cc(F)c1. The number of halogens is 5. The number of alkyl halides is 3. The highest BCUT2D eigenvalue weighted by Gasteiger charge is 2.35. The first kappa shape index (κ1) is 20.3. The Kier molecular flexibility index (Phi) is 5.45. The van der Waals surface area contributed by atoms with Crippen LogP contribution in [0.2, 0.25) is 0 Å². The molecule has 2 heterocycles. The molecule has 0 spiro atoms. The van der Waals surface area contributed by atoms with Crippen LogP contribution in [0.25, 0.3) is 11.4 Å². The number of nitrogens with one attached hydrogen (secondary N) is 1. The minimum absolute atomic E-state index is 0.0251. The van der Waals surface area contributed by atoms with Gasteiger partial charge in [0.2, 0.25) is 5.82 Å². The maximum atomic E-state index is 13.3. The van der Waals surface area contributed by atoms with Gasteiger partial charge in [0.05, 0.1) is 6.16 Å². The highest BCUT2D eigenvalue weighted by Crippen LogP contribution is 2.44. The zero-order chi connectivity index (χ0) is 20.5. The molecule has 0 saturated carbocycles. The number of rotatable bonds is 6. The van der Waals surface area contributed by atoms with Crippen molar-refractivity contribution >= 4 is 24.6 Å². The van der Waals surface area contributed by atoms with Crippen molar-refractivity contribution in [2.24, 2.45) is 0 Å². The minimum Gasteiger partial charge on any atom is -0.336 e. The third kappa shape index (κ3) is 5.08. The zero-order valence-corrected chi connectivity index (χ0v) is 15.8. The van der Waals surface area contributed by atoms with Crippen molar-refractivity contribution < 1.29 is 26.6 Å². The van der Waals surface area contributed by atoms with Crippen molar-refractivity contribution in [3.05, 3.63) is 59.7 Å². The Morgan fingerprint density at radius 3 is 2.43 bits per heavy atom. The van der Waals surface area contributed by atoms with E-state index >= 15 is 0 Å². The second-order valence-electron chi connectivity index (χ2n) is 5.99. The topological polar surface area (TPSA) is 80.9 Å². The third-order valence-corrected chi connectivity index (χ3v) is 5.26. The van der Waals surface area contributed by atoms with Crippen molar-refractivity contribution in [1.82, 2.24) is 15.1 Å². The van der Waals surface area contributed by atoms with Crippen LogP contribution in [0.15, 0.2) is 41.1 Å². The van der Waals surface area contributed by atoms with E-state index in [4.69, 9.17) is 11.6 Å². The number of hydrogen-bond donors (Lipinski definition) is 1. The Morgan fingerprint density at radius 2 is 1.89 bits per heavy atom. The van der Waals surface area contributed by atoms with Gasteiger partial charge in [-0.3, -0.25) is 4.98 Å². The lowest BCUT2D eigenvalue weighted by molar-refractivity contribution is 0.0551. The standard InChI is InChI=1S/C16H12ClF4N4O2P/c1-28(26,25-13-5-10(18)4-11(19)6-13)8-12-3-2-9(7-22-12)14-23-15(27-24-14)16(17,20)21/h2-7H,8H2,1H3,(H,25,26). The monoisotopic (exact) mass is 434 g/mol. The highest BCUT2D eigenvalue weighted by molar-refractivity contribution is 7.63. The molecule has 0 fully saturated rings. The number of benzene rings is 1. The van der Waals surface area contributed by atoms with Gasteiger partial charge in [-0.15, -0.1) is 0 Å². The normalized spacial score (nSPS) is 13.9. The summed E-state index contributed by atoms with van der Waals surface area (Å²) in [5.74, 6) is -2.78. The van der Waals surface area contributed by atoms with Crippen LogP contribution in [-0.4, -0.2) is 21.8 Å². The van der Waals surface area contributed by atoms with Gasteiger partial charge in [-0.2, -0.15) is 13.8 Å². The molecule has 28 heavy (non-hydrogen) atoms. The number of aromatic nitrogens is 3. The summed E-state index contributed by atoms with van der Waals surface area (Å²) in [4.78, 5) is 7.58. The lowest BCUT2D eigenvalue weighted by Crippen LogP contribution is -2.03. The zero-order valence-electron chi connectivity index (χ0n) is 14.2. The maximum absolute atomic E-state index is 13.3. The van der Waals surface area contributed by atoms with Gasteiger partial charge in [0.15, 0.2) is 7.29 Å². The highest BCUT2D eigenvalue weighted by atomic mass is 35.5. The number of hydrogen-bond acceptors (Lipinski definition) is 5. The molecule has 0 aliphatic rings. The molecule has 3 aromatic rings. The van der Waals surface area contributed by atoms with Gasteiger partial charge in [-0.05, 0) is 35.9 Å². The second-order valence-corrected chi connectivity index (χ2v) is 9.20. The molecule has 1 aromatic carbocycles. The summed E-state index contributed by atoms with van der Waals surface area (Å²) >= 11 is 4.81. The molecular weight excluding hydrogens is 423 g/mol. The van der Waals surface area contributed by atoms with Gasteiger partial charge >= 0.3 is 11.3 Å². The van der Waals surface area contributed by atoms with E-state index in [1.54, 1.807) is 0 Å². The molecule has 0 bridgehead atoms. The van der Waals surface area contributed by atoms with Gasteiger partial charge < -0.3 is 14.2 Å². The Labute approximate surface area is 161 Å². The van der Waals surface area contributed by atoms with E-state index in [1.165, 1.54) is 25.0 Å². The van der Waals surface area contributed by atoms with E-state index in [1.807, 2.05) is 0 Å². The molecule has 6 nitrogen and oxygen atoms in total. The summed E-state index contributed by atoms with van der Waals surface area (Å²) < 4.78 is 69.5. The molecule has 1 N–H and O–H groups in total. The first-order chi connectivity index (χ1) is 13.0. The average molecular weight is 435 g/mol. The number of pyridine rings is 1. The summed E-state index contributed by atoms with van der Waals surface area (Å²) in [6.07, 6.45) is 1.26. The maximum Gasteiger partial charge on any atom is 0.400 e. The van der Waals surface area contributed by atoms with Gasteiger partial charge in [0.25, 0.3) is 0 Å². The second kappa shape index (κ2) is 7.52. The molecule has 1 unspecified atom stereocenters. The molecule has 1 atom stereocenters. The van der Waals surface area contributed by atoms with Crippen molar-refractivity contribution in [1.29, 1.82) is 0 Å². The summed E-state index contributed by atoms with van der Waals surface area (Å²) in [6.45, 7) is 1.40. The summed E-state index contributed by atoms with van der Waals surface area (Å²) in [5, 5.41) is 2.23. The van der Waals surface area contributed by atoms with E-state index in [0.29, 0.717) is 11.8 Å².